The third kappa shape index (κ3) is 1.27. The number of aliphatic hydroxyl groups is 1. The highest BCUT2D eigenvalue weighted by Gasteiger charge is 2.59. The van der Waals surface area contributed by atoms with Gasteiger partial charge in [-0.1, -0.05) is 18.2 Å². The fourth-order valence-corrected chi connectivity index (χ4v) is 3.99. The smallest absolute Gasteiger partial charge is 0.227 e. The van der Waals surface area contributed by atoms with Crippen molar-refractivity contribution in [3.8, 4) is 0 Å². The number of Topliss-reactive ketones (excluding diaryl/α,β-unsaturated/α-hetero) is 1. The first kappa shape index (κ1) is 11.2. The van der Waals surface area contributed by atoms with Crippen LogP contribution in [0.15, 0.2) is 24.3 Å². The van der Waals surface area contributed by atoms with Gasteiger partial charge in [-0.15, -0.1) is 0 Å². The molecule has 4 rings (SSSR count). The Labute approximate surface area is 111 Å². The van der Waals surface area contributed by atoms with Gasteiger partial charge in [0, 0.05) is 18.5 Å². The monoisotopic (exact) mass is 257 g/mol. The van der Waals surface area contributed by atoms with Crippen molar-refractivity contribution in [2.45, 2.75) is 43.2 Å². The van der Waals surface area contributed by atoms with E-state index < -0.39 is 5.60 Å². The van der Waals surface area contributed by atoms with Crippen LogP contribution in [-0.4, -0.2) is 28.4 Å². The van der Waals surface area contributed by atoms with Crippen molar-refractivity contribution in [2.75, 3.05) is 4.90 Å². The molecule has 0 unspecified atom stereocenters. The molecule has 1 amide bonds. The Morgan fingerprint density at radius 3 is 2.74 bits per heavy atom. The molecule has 1 saturated heterocycles. The van der Waals surface area contributed by atoms with E-state index in [0.717, 1.165) is 11.3 Å². The number of nitrogens with zero attached hydrogens (tertiary/aromatic N) is 1. The minimum Gasteiger partial charge on any atom is -0.388 e. The maximum Gasteiger partial charge on any atom is 0.227 e. The van der Waals surface area contributed by atoms with Crippen LogP contribution >= 0.6 is 0 Å². The molecule has 1 aromatic carbocycles. The zero-order valence-electron chi connectivity index (χ0n) is 10.5. The minimum absolute atomic E-state index is 0.0272. The van der Waals surface area contributed by atoms with E-state index in [9.17, 15) is 14.7 Å². The van der Waals surface area contributed by atoms with Gasteiger partial charge in [-0.2, -0.15) is 0 Å². The van der Waals surface area contributed by atoms with Crippen LogP contribution in [0.3, 0.4) is 0 Å². The number of benzene rings is 1. The number of para-hydroxylation sites is 1. The SMILES string of the molecule is O=C1CC[C@@]2(O)CCC(=O)N3c4ccccc4[C@@H]1[C@H]32. The standard InChI is InChI=1S/C15H15NO3/c17-11-5-7-15(19)8-6-12(18)16-10-4-2-1-3-9(10)13(11)14(15)16/h1-4,13-14,19H,5-8H2/t13-,14-,15+/m0/s1. The van der Waals surface area contributed by atoms with Gasteiger partial charge in [0.05, 0.1) is 17.6 Å². The second-order valence-electron chi connectivity index (χ2n) is 5.81. The molecule has 1 N–H and O–H groups in total. The predicted octanol–water partition coefficient (Wildman–Crippen LogP) is 1.37. The molecule has 2 fully saturated rings. The van der Waals surface area contributed by atoms with Crippen molar-refractivity contribution in [3.05, 3.63) is 29.8 Å². The van der Waals surface area contributed by atoms with Gasteiger partial charge in [-0.25, -0.2) is 0 Å². The third-order valence-corrected chi connectivity index (χ3v) is 4.87. The average Bonchev–Trinajstić information content (AvgIpc) is 2.77. The number of hydrogen-bond donors (Lipinski definition) is 1. The fourth-order valence-electron chi connectivity index (χ4n) is 3.99. The number of fused-ring (bicyclic) bond motifs is 3. The summed E-state index contributed by atoms with van der Waals surface area (Å²) in [6.07, 6.45) is 1.73. The minimum atomic E-state index is -0.897. The second kappa shape index (κ2) is 3.45. The van der Waals surface area contributed by atoms with Crippen LogP contribution in [0.25, 0.3) is 0 Å². The summed E-state index contributed by atoms with van der Waals surface area (Å²) in [4.78, 5) is 26.2. The van der Waals surface area contributed by atoms with Gasteiger partial charge in [0.25, 0.3) is 0 Å². The number of piperidine rings is 1. The number of carbonyl (C=O) groups excluding carboxylic acids is 2. The van der Waals surface area contributed by atoms with Crippen LogP contribution in [0, 0.1) is 0 Å². The molecule has 0 aromatic heterocycles. The Morgan fingerprint density at radius 1 is 1.16 bits per heavy atom. The van der Waals surface area contributed by atoms with Crippen molar-refractivity contribution < 1.29 is 14.7 Å². The summed E-state index contributed by atoms with van der Waals surface area (Å²) in [5.41, 5.74) is 0.827. The first-order valence-electron chi connectivity index (χ1n) is 6.78. The number of carbonyl (C=O) groups is 2. The van der Waals surface area contributed by atoms with Gasteiger partial charge in [0.15, 0.2) is 0 Å². The highest BCUT2D eigenvalue weighted by Crippen LogP contribution is 2.53. The Hall–Kier alpha value is -1.68. The van der Waals surface area contributed by atoms with Crippen LogP contribution in [0.1, 0.15) is 37.2 Å². The fraction of sp³-hybridized carbons (Fsp3) is 0.467. The lowest BCUT2D eigenvalue weighted by Gasteiger charge is -2.47. The number of ketones is 1. The highest BCUT2D eigenvalue weighted by atomic mass is 16.3. The van der Waals surface area contributed by atoms with E-state index in [1.807, 2.05) is 24.3 Å². The second-order valence-corrected chi connectivity index (χ2v) is 5.81. The molecule has 19 heavy (non-hydrogen) atoms. The van der Waals surface area contributed by atoms with Gasteiger partial charge >= 0.3 is 0 Å². The molecule has 1 saturated carbocycles. The van der Waals surface area contributed by atoms with Gasteiger partial charge in [-0.05, 0) is 24.5 Å². The van der Waals surface area contributed by atoms with Gasteiger partial charge < -0.3 is 10.0 Å². The topological polar surface area (TPSA) is 57.6 Å². The summed E-state index contributed by atoms with van der Waals surface area (Å²) in [5, 5.41) is 10.8. The normalized spacial score (nSPS) is 36.2. The highest BCUT2D eigenvalue weighted by molar-refractivity contribution is 6.03. The quantitative estimate of drug-likeness (QED) is 0.763. The van der Waals surface area contributed by atoms with Crippen LogP contribution in [0.5, 0.6) is 0 Å². The molecule has 0 bridgehead atoms. The Morgan fingerprint density at radius 2 is 1.89 bits per heavy atom. The van der Waals surface area contributed by atoms with E-state index in [0.29, 0.717) is 25.7 Å². The van der Waals surface area contributed by atoms with Crippen LogP contribution < -0.4 is 4.90 Å². The maximum atomic E-state index is 12.3. The van der Waals surface area contributed by atoms with E-state index in [2.05, 4.69) is 0 Å². The Balaban J connectivity index is 1.96. The lowest BCUT2D eigenvalue weighted by atomic mass is 9.68. The molecule has 4 heteroatoms. The van der Waals surface area contributed by atoms with Crippen molar-refractivity contribution in [2.24, 2.45) is 0 Å². The van der Waals surface area contributed by atoms with Gasteiger partial charge in [0.1, 0.15) is 5.78 Å². The summed E-state index contributed by atoms with van der Waals surface area (Å²) in [5.74, 6) is -0.155. The predicted molar refractivity (Wildman–Crippen MR) is 68.9 cm³/mol. The molecule has 0 spiro atoms. The maximum absolute atomic E-state index is 12.3. The molecule has 98 valence electrons. The van der Waals surface area contributed by atoms with Crippen molar-refractivity contribution >= 4 is 17.4 Å². The summed E-state index contributed by atoms with van der Waals surface area (Å²) in [6, 6.07) is 7.18. The molecule has 4 nitrogen and oxygen atoms in total. The summed E-state index contributed by atoms with van der Waals surface area (Å²) < 4.78 is 0. The van der Waals surface area contributed by atoms with Crippen LogP contribution in [0.2, 0.25) is 0 Å². The first-order chi connectivity index (χ1) is 9.12. The van der Waals surface area contributed by atoms with Crippen molar-refractivity contribution in [1.82, 2.24) is 0 Å². The molecule has 0 radical (unpaired) electrons. The zero-order chi connectivity index (χ0) is 13.2. The van der Waals surface area contributed by atoms with Crippen LogP contribution in [0.4, 0.5) is 5.69 Å². The molecule has 2 heterocycles. The van der Waals surface area contributed by atoms with E-state index in [4.69, 9.17) is 0 Å². The molecule has 2 aliphatic heterocycles. The van der Waals surface area contributed by atoms with E-state index in [1.54, 1.807) is 4.90 Å². The largest absolute Gasteiger partial charge is 0.388 e. The average molecular weight is 257 g/mol. The molecular weight excluding hydrogens is 242 g/mol. The first-order valence-corrected chi connectivity index (χ1v) is 6.78. The number of anilines is 1. The van der Waals surface area contributed by atoms with E-state index >= 15 is 0 Å². The van der Waals surface area contributed by atoms with Crippen molar-refractivity contribution in [1.29, 1.82) is 0 Å². The molecular formula is C15H15NO3. The molecule has 3 aliphatic rings. The summed E-state index contributed by atoms with van der Waals surface area (Å²) >= 11 is 0. The lowest BCUT2D eigenvalue weighted by Crippen LogP contribution is -2.62. The van der Waals surface area contributed by atoms with Gasteiger partial charge in [0.2, 0.25) is 5.91 Å². The van der Waals surface area contributed by atoms with E-state index in [1.165, 1.54) is 0 Å². The third-order valence-electron chi connectivity index (χ3n) is 4.87. The van der Waals surface area contributed by atoms with E-state index in [-0.39, 0.29) is 23.7 Å². The molecule has 1 aliphatic carbocycles. The molecule has 3 atom stereocenters. The van der Waals surface area contributed by atoms with Crippen molar-refractivity contribution in [3.63, 3.8) is 0 Å². The van der Waals surface area contributed by atoms with Gasteiger partial charge in [-0.3, -0.25) is 9.59 Å². The number of rotatable bonds is 0. The summed E-state index contributed by atoms with van der Waals surface area (Å²) in [7, 11) is 0. The lowest BCUT2D eigenvalue weighted by molar-refractivity contribution is -0.136. The number of amides is 1. The molecule has 1 aromatic rings. The zero-order valence-corrected chi connectivity index (χ0v) is 10.5. The van der Waals surface area contributed by atoms with Crippen LogP contribution in [-0.2, 0) is 9.59 Å². The summed E-state index contributed by atoms with van der Waals surface area (Å²) in [6.45, 7) is 0. The Kier molecular flexibility index (Phi) is 2.03. The Bertz CT molecular complexity index is 548. The number of hydrogen-bond acceptors (Lipinski definition) is 3.